The van der Waals surface area contributed by atoms with Crippen molar-refractivity contribution in [1.29, 1.82) is 5.26 Å². The maximum Gasteiger partial charge on any atom is 0.303 e. The summed E-state index contributed by atoms with van der Waals surface area (Å²) in [4.78, 5) is 25.5. The molecule has 0 atom stereocenters. The number of carbonyl (C=O) groups excluding carboxylic acids is 1. The van der Waals surface area contributed by atoms with Crippen LogP contribution in [0.5, 0.6) is 0 Å². The van der Waals surface area contributed by atoms with Gasteiger partial charge in [-0.05, 0) is 12.8 Å². The second-order valence-corrected chi connectivity index (χ2v) is 7.40. The molecular weight excluding hydrogens is 366 g/mol. The van der Waals surface area contributed by atoms with E-state index >= 15 is 0 Å². The highest BCUT2D eigenvalue weighted by atomic mass is 19.3. The number of alkyl halides is 2. The number of pyridine rings is 1. The van der Waals surface area contributed by atoms with Gasteiger partial charge in [-0.2, -0.15) is 14.0 Å². The maximum absolute atomic E-state index is 13.9. The number of nitriles is 1. The van der Waals surface area contributed by atoms with Crippen molar-refractivity contribution in [2.45, 2.75) is 44.4 Å². The molecule has 1 saturated carbocycles. The number of carbonyl (C=O) groups is 1. The average Bonchev–Trinajstić information content (AvgIpc) is 3.31. The minimum Gasteiger partial charge on any atom is -0.325 e. The molecule has 3 heterocycles. The van der Waals surface area contributed by atoms with E-state index in [4.69, 9.17) is 5.26 Å². The molecule has 1 aliphatic heterocycles. The van der Waals surface area contributed by atoms with Crippen molar-refractivity contribution in [3.8, 4) is 6.07 Å². The van der Waals surface area contributed by atoms with E-state index in [0.717, 1.165) is 31.0 Å². The van der Waals surface area contributed by atoms with Gasteiger partial charge in [-0.1, -0.05) is 0 Å². The monoisotopic (exact) mass is 384 g/mol. The molecule has 9 heteroatoms. The van der Waals surface area contributed by atoms with Gasteiger partial charge in [0.2, 0.25) is 11.7 Å². The fourth-order valence-electron chi connectivity index (χ4n) is 3.57. The lowest BCUT2D eigenvalue weighted by molar-refractivity contribution is -0.114. The summed E-state index contributed by atoms with van der Waals surface area (Å²) in [5, 5.41) is 11.6. The molecule has 0 saturated heterocycles. The molecule has 1 fully saturated rings. The van der Waals surface area contributed by atoms with E-state index in [-0.39, 0.29) is 23.4 Å². The summed E-state index contributed by atoms with van der Waals surface area (Å²) in [5.74, 6) is -3.36. The number of fused-ring (bicyclic) bond motifs is 2. The van der Waals surface area contributed by atoms with Crippen LogP contribution in [0.2, 0.25) is 0 Å². The Bertz CT molecular complexity index is 1010. The number of amides is 1. The van der Waals surface area contributed by atoms with Gasteiger partial charge < -0.3 is 10.2 Å². The van der Waals surface area contributed by atoms with Gasteiger partial charge in [0, 0.05) is 49.7 Å². The molecule has 2 aliphatic rings. The summed E-state index contributed by atoms with van der Waals surface area (Å²) >= 11 is 0. The largest absolute Gasteiger partial charge is 0.325 e. The predicted octanol–water partition coefficient (Wildman–Crippen LogP) is 3.19. The molecule has 28 heavy (non-hydrogen) atoms. The standard InChI is InChI=1S/C19H18F2N6O/c1-11(28)24-15-8-14-13(9-23-15)19(4-5-19)10-27(14)16-7-12(3-6-22)25-17(26-16)18(2,20)21/h7-9H,3-5,10H2,1-2H3,(H,23,24,28). The van der Waals surface area contributed by atoms with E-state index in [2.05, 4.69) is 20.3 Å². The Morgan fingerprint density at radius 2 is 2.14 bits per heavy atom. The zero-order chi connectivity index (χ0) is 20.1. The number of hydrogen-bond acceptors (Lipinski definition) is 6. The van der Waals surface area contributed by atoms with Crippen molar-refractivity contribution >= 4 is 23.2 Å². The third-order valence-electron chi connectivity index (χ3n) is 5.06. The summed E-state index contributed by atoms with van der Waals surface area (Å²) in [6.45, 7) is 2.72. The van der Waals surface area contributed by atoms with E-state index in [9.17, 15) is 13.6 Å². The van der Waals surface area contributed by atoms with Gasteiger partial charge in [-0.3, -0.25) is 4.79 Å². The van der Waals surface area contributed by atoms with Crippen molar-refractivity contribution in [3.05, 3.63) is 35.4 Å². The second-order valence-electron chi connectivity index (χ2n) is 7.40. The van der Waals surface area contributed by atoms with Gasteiger partial charge in [0.25, 0.3) is 0 Å². The number of anilines is 3. The molecule has 0 bridgehead atoms. The zero-order valence-electron chi connectivity index (χ0n) is 15.5. The lowest BCUT2D eigenvalue weighted by Crippen LogP contribution is -2.23. The van der Waals surface area contributed by atoms with Crippen LogP contribution in [0.1, 0.15) is 43.8 Å². The molecule has 1 spiro atoms. The lowest BCUT2D eigenvalue weighted by atomic mass is 10.0. The van der Waals surface area contributed by atoms with E-state index in [1.807, 2.05) is 11.0 Å². The average molecular weight is 384 g/mol. The highest BCUT2D eigenvalue weighted by molar-refractivity contribution is 5.89. The van der Waals surface area contributed by atoms with Crippen LogP contribution in [0.4, 0.5) is 26.1 Å². The van der Waals surface area contributed by atoms with Gasteiger partial charge in [-0.25, -0.2) is 15.0 Å². The summed E-state index contributed by atoms with van der Waals surface area (Å²) < 4.78 is 27.9. The molecule has 4 rings (SSSR count). The molecule has 2 aromatic rings. The predicted molar refractivity (Wildman–Crippen MR) is 97.4 cm³/mol. The van der Waals surface area contributed by atoms with Crippen LogP contribution in [0, 0.1) is 11.3 Å². The normalized spacial score (nSPS) is 16.6. The van der Waals surface area contributed by atoms with Crippen molar-refractivity contribution in [2.75, 3.05) is 16.8 Å². The number of nitrogens with one attached hydrogen (secondary N) is 1. The van der Waals surface area contributed by atoms with Crippen LogP contribution in [-0.2, 0) is 22.6 Å². The molecule has 7 nitrogen and oxygen atoms in total. The Kier molecular flexibility index (Phi) is 4.03. The molecule has 0 radical (unpaired) electrons. The van der Waals surface area contributed by atoms with E-state index in [1.165, 1.54) is 6.92 Å². The van der Waals surface area contributed by atoms with E-state index in [0.29, 0.717) is 18.2 Å². The van der Waals surface area contributed by atoms with Gasteiger partial charge in [0.05, 0.1) is 23.9 Å². The Labute approximate surface area is 160 Å². The van der Waals surface area contributed by atoms with Gasteiger partial charge in [0.15, 0.2) is 0 Å². The highest BCUT2D eigenvalue weighted by Gasteiger charge is 2.52. The summed E-state index contributed by atoms with van der Waals surface area (Å²) in [6, 6.07) is 5.26. The van der Waals surface area contributed by atoms with Crippen LogP contribution in [0.3, 0.4) is 0 Å². The number of halogens is 2. The van der Waals surface area contributed by atoms with Crippen LogP contribution >= 0.6 is 0 Å². The Morgan fingerprint density at radius 1 is 1.39 bits per heavy atom. The van der Waals surface area contributed by atoms with Crippen molar-refractivity contribution in [1.82, 2.24) is 15.0 Å². The topological polar surface area (TPSA) is 94.8 Å². The van der Waals surface area contributed by atoms with Crippen molar-refractivity contribution in [2.24, 2.45) is 0 Å². The first-order valence-electron chi connectivity index (χ1n) is 8.91. The first-order valence-corrected chi connectivity index (χ1v) is 8.91. The first-order chi connectivity index (χ1) is 13.2. The molecule has 1 amide bonds. The first kappa shape index (κ1) is 18.2. The molecule has 1 aliphatic carbocycles. The van der Waals surface area contributed by atoms with E-state index in [1.54, 1.807) is 18.3 Å². The molecule has 144 valence electrons. The van der Waals surface area contributed by atoms with Crippen LogP contribution in [0.15, 0.2) is 18.3 Å². The third kappa shape index (κ3) is 3.15. The van der Waals surface area contributed by atoms with Gasteiger partial charge in [-0.15, -0.1) is 0 Å². The Morgan fingerprint density at radius 3 is 2.75 bits per heavy atom. The SMILES string of the molecule is CC(=O)Nc1cc2c(cn1)C1(CC1)CN2c1cc(CC#N)nc(C(C)(F)F)n1. The minimum absolute atomic E-state index is 0.0632. The van der Waals surface area contributed by atoms with Crippen molar-refractivity contribution in [3.63, 3.8) is 0 Å². The van der Waals surface area contributed by atoms with Crippen LogP contribution in [0.25, 0.3) is 0 Å². The van der Waals surface area contributed by atoms with Gasteiger partial charge in [0.1, 0.15) is 11.6 Å². The fraction of sp³-hybridized carbons (Fsp3) is 0.421. The molecule has 1 N–H and O–H groups in total. The van der Waals surface area contributed by atoms with E-state index < -0.39 is 11.7 Å². The number of hydrogen-bond donors (Lipinski definition) is 1. The molecular formula is C19H18F2N6O. The Hall–Kier alpha value is -3.15. The second kappa shape index (κ2) is 6.19. The smallest absolute Gasteiger partial charge is 0.303 e. The minimum atomic E-state index is -3.22. The fourth-order valence-corrected chi connectivity index (χ4v) is 3.57. The molecule has 0 aromatic carbocycles. The maximum atomic E-state index is 13.9. The lowest BCUT2D eigenvalue weighted by Gasteiger charge is -2.21. The van der Waals surface area contributed by atoms with Crippen molar-refractivity contribution < 1.29 is 13.6 Å². The third-order valence-corrected chi connectivity index (χ3v) is 5.06. The number of aromatic nitrogens is 3. The highest BCUT2D eigenvalue weighted by Crippen LogP contribution is 2.58. The Balaban J connectivity index is 1.82. The quantitative estimate of drug-likeness (QED) is 0.870. The number of rotatable bonds is 4. The summed E-state index contributed by atoms with van der Waals surface area (Å²) in [5.41, 5.74) is 1.99. The van der Waals surface area contributed by atoms with Gasteiger partial charge >= 0.3 is 5.92 Å². The molecule has 0 unspecified atom stereocenters. The zero-order valence-corrected chi connectivity index (χ0v) is 15.5. The molecule has 2 aromatic heterocycles. The van der Waals surface area contributed by atoms with Crippen LogP contribution in [-0.4, -0.2) is 27.4 Å². The summed E-state index contributed by atoms with van der Waals surface area (Å²) in [7, 11) is 0. The summed E-state index contributed by atoms with van der Waals surface area (Å²) in [6.07, 6.45) is 3.60. The number of nitrogens with zero attached hydrogens (tertiary/aromatic N) is 5. The van der Waals surface area contributed by atoms with Crippen LogP contribution < -0.4 is 10.2 Å².